The van der Waals surface area contributed by atoms with Crippen LogP contribution in [0.2, 0.25) is 10.3 Å². The van der Waals surface area contributed by atoms with E-state index in [1.54, 1.807) is 12.1 Å². The third kappa shape index (κ3) is 6.21. The molecule has 196 valence electrons. The number of aliphatic hydroxyl groups excluding tert-OH is 1. The Morgan fingerprint density at radius 3 is 2.61 bits per heavy atom. The summed E-state index contributed by atoms with van der Waals surface area (Å²) in [6, 6.07) is 6.17. The summed E-state index contributed by atoms with van der Waals surface area (Å²) in [6.45, 7) is -0.377. The van der Waals surface area contributed by atoms with Crippen LogP contribution in [0, 0.1) is 5.92 Å². The lowest BCUT2D eigenvalue weighted by Gasteiger charge is -2.17. The Kier molecular flexibility index (Phi) is 8.01. The minimum Gasteiger partial charge on any atom is -0.388 e. The van der Waals surface area contributed by atoms with E-state index in [0.29, 0.717) is 5.02 Å². The molecular weight excluding hydrogens is 564 g/mol. The van der Waals surface area contributed by atoms with Crippen LogP contribution in [0.4, 0.5) is 10.2 Å². The number of hydrogen-bond donors (Lipinski definition) is 5. The summed E-state index contributed by atoms with van der Waals surface area (Å²) >= 11 is 12.3. The van der Waals surface area contributed by atoms with Gasteiger partial charge < -0.3 is 29.6 Å². The topological polar surface area (TPSA) is 193 Å². The number of aliphatic hydroxyl groups is 1. The molecule has 5 atom stereocenters. The number of rotatable bonds is 9. The Bertz CT molecular complexity index is 1360. The van der Waals surface area contributed by atoms with Crippen molar-refractivity contribution < 1.29 is 37.8 Å². The highest BCUT2D eigenvalue weighted by molar-refractivity contribution is 7.70. The maximum atomic E-state index is 14.8. The van der Waals surface area contributed by atoms with Crippen molar-refractivity contribution in [3.63, 3.8) is 0 Å². The van der Waals surface area contributed by atoms with Crippen molar-refractivity contribution in [2.45, 2.75) is 31.3 Å². The molecule has 0 spiro atoms. The first kappa shape index (κ1) is 27.3. The van der Waals surface area contributed by atoms with Gasteiger partial charge in [-0.2, -0.15) is 9.97 Å². The highest BCUT2D eigenvalue weighted by atomic mass is 35.5. The van der Waals surface area contributed by atoms with Crippen molar-refractivity contribution in [2.24, 2.45) is 5.92 Å². The molecule has 2 heterocycles. The fraction of sp³-hybridized carbons (Fsp3) is 0.444. The molecule has 3 aromatic rings. The fourth-order valence-electron chi connectivity index (χ4n) is 3.93. The number of benzene rings is 1. The molecule has 0 amide bonds. The van der Waals surface area contributed by atoms with E-state index in [-0.39, 0.29) is 35.2 Å². The van der Waals surface area contributed by atoms with Crippen LogP contribution in [0.5, 0.6) is 0 Å². The highest BCUT2D eigenvalue weighted by Crippen LogP contribution is 2.56. The lowest BCUT2D eigenvalue weighted by Crippen LogP contribution is -2.28. The second kappa shape index (κ2) is 10.6. The highest BCUT2D eigenvalue weighted by Gasteiger charge is 2.46. The van der Waals surface area contributed by atoms with Crippen LogP contribution in [-0.2, 0) is 20.2 Å². The molecule has 36 heavy (non-hydrogen) atoms. The van der Waals surface area contributed by atoms with Crippen LogP contribution in [0.1, 0.15) is 18.0 Å². The Hall–Kier alpha value is -1.73. The van der Waals surface area contributed by atoms with E-state index in [0.717, 1.165) is 5.56 Å². The summed E-state index contributed by atoms with van der Waals surface area (Å²) in [7, 11) is -9.52. The Morgan fingerprint density at radius 2 is 1.92 bits per heavy atom. The van der Waals surface area contributed by atoms with Crippen LogP contribution in [0.25, 0.3) is 11.2 Å². The lowest BCUT2D eigenvalue weighted by molar-refractivity contribution is 0.0498. The van der Waals surface area contributed by atoms with Gasteiger partial charge in [0, 0.05) is 17.5 Å². The molecule has 0 bridgehead atoms. The molecule has 1 saturated carbocycles. The first-order valence-electron chi connectivity index (χ1n) is 10.4. The van der Waals surface area contributed by atoms with Crippen molar-refractivity contribution >= 4 is 55.4 Å². The number of halogens is 3. The second-order valence-corrected chi connectivity index (χ2v) is 13.0. The summed E-state index contributed by atoms with van der Waals surface area (Å²) in [4.78, 5) is 35.7. The van der Waals surface area contributed by atoms with Gasteiger partial charge in [-0.25, -0.2) is 9.07 Å². The van der Waals surface area contributed by atoms with Gasteiger partial charge in [0.2, 0.25) is 5.28 Å². The number of nitrogens with zero attached hydrogens (tertiary/aromatic N) is 5. The molecule has 1 aromatic carbocycles. The monoisotopic (exact) mass is 584 g/mol. The molecule has 1 aliphatic rings. The van der Waals surface area contributed by atoms with Crippen molar-refractivity contribution in [2.75, 3.05) is 17.8 Å². The molecular formula is C18H21Cl2FN6O7P2. The molecule has 13 nitrogen and oxygen atoms in total. The molecule has 18 heteroatoms. The van der Waals surface area contributed by atoms with E-state index in [4.69, 9.17) is 37.5 Å². The van der Waals surface area contributed by atoms with E-state index in [1.807, 2.05) is 12.1 Å². The van der Waals surface area contributed by atoms with Crippen LogP contribution >= 0.6 is 38.4 Å². The van der Waals surface area contributed by atoms with Gasteiger partial charge in [0.1, 0.15) is 12.3 Å². The molecule has 2 aromatic heterocycles. The van der Waals surface area contributed by atoms with Gasteiger partial charge in [-0.15, -0.1) is 5.10 Å². The largest absolute Gasteiger partial charge is 0.388 e. The smallest absolute Gasteiger partial charge is 0.340 e. The first-order chi connectivity index (χ1) is 16.8. The van der Waals surface area contributed by atoms with E-state index >= 15 is 0 Å². The third-order valence-corrected chi connectivity index (χ3v) is 9.58. The maximum absolute atomic E-state index is 14.8. The number of nitrogens with one attached hydrogen (secondary N) is 1. The number of fused-ring (bicyclic) bond motifs is 1. The van der Waals surface area contributed by atoms with Crippen LogP contribution < -0.4 is 5.32 Å². The number of aromatic nitrogens is 5. The van der Waals surface area contributed by atoms with Crippen molar-refractivity contribution in [1.82, 2.24) is 25.0 Å². The van der Waals surface area contributed by atoms with Gasteiger partial charge in [-0.05, 0) is 29.7 Å². The Morgan fingerprint density at radius 1 is 1.19 bits per heavy atom. The van der Waals surface area contributed by atoms with Crippen molar-refractivity contribution in [3.8, 4) is 0 Å². The molecule has 4 rings (SSSR count). The summed E-state index contributed by atoms with van der Waals surface area (Å²) in [5.41, 5.74) is 1.10. The van der Waals surface area contributed by atoms with Crippen LogP contribution in [0.3, 0.4) is 0 Å². The Balaban J connectivity index is 1.53. The number of hydrogen-bond acceptors (Lipinski definition) is 9. The molecule has 0 saturated heterocycles. The average Bonchev–Trinajstić information content (AvgIpc) is 3.31. The van der Waals surface area contributed by atoms with Gasteiger partial charge >= 0.3 is 15.2 Å². The molecule has 0 aliphatic heterocycles. The van der Waals surface area contributed by atoms with Gasteiger partial charge in [0.25, 0.3) is 0 Å². The average molecular weight is 585 g/mol. The molecule has 1 fully saturated rings. The minimum absolute atomic E-state index is 0.0965. The van der Waals surface area contributed by atoms with Crippen molar-refractivity contribution in [3.05, 3.63) is 40.1 Å². The maximum Gasteiger partial charge on any atom is 0.340 e. The third-order valence-electron chi connectivity index (χ3n) is 5.58. The van der Waals surface area contributed by atoms with Crippen LogP contribution in [0.15, 0.2) is 24.3 Å². The molecule has 5 N–H and O–H groups in total. The van der Waals surface area contributed by atoms with E-state index in [1.165, 1.54) is 4.68 Å². The quantitative estimate of drug-likeness (QED) is 0.182. The molecule has 1 unspecified atom stereocenters. The van der Waals surface area contributed by atoms with Gasteiger partial charge in [0.15, 0.2) is 22.9 Å². The van der Waals surface area contributed by atoms with E-state index in [2.05, 4.69) is 25.6 Å². The molecule has 1 aliphatic carbocycles. The number of alkyl halides is 1. The fourth-order valence-corrected chi connectivity index (χ4v) is 6.91. The Labute approximate surface area is 213 Å². The second-order valence-electron chi connectivity index (χ2n) is 8.23. The summed E-state index contributed by atoms with van der Waals surface area (Å²) in [5, 5.41) is 22.0. The van der Waals surface area contributed by atoms with Crippen LogP contribution in [-0.4, -0.2) is 69.5 Å². The summed E-state index contributed by atoms with van der Waals surface area (Å²) < 4.78 is 43.7. The zero-order chi connectivity index (χ0) is 26.3. The summed E-state index contributed by atoms with van der Waals surface area (Å²) in [5.74, 6) is -2.24. The van der Waals surface area contributed by atoms with Gasteiger partial charge in [0.05, 0.1) is 12.6 Å². The van der Waals surface area contributed by atoms with Gasteiger partial charge in [-0.1, -0.05) is 35.0 Å². The standard InChI is InChI=1S/C18H21Cl2FN6O7P2/c19-11-4-2-1-3-9(11)6-22-16-14-17(24-18(20)23-16)27(26-25-14)12-5-10(13(21)15(12)28)7-34-36(32,33)8-35(29,30)31/h1-4,10,12-13,15,28H,5-8H2,(H,32,33)(H,22,23,24)(H2,29,30,31)/t10-,12-,13+,15+/m1/s1. The predicted octanol–water partition coefficient (Wildman–Crippen LogP) is 2.74. The molecule has 0 radical (unpaired) electrons. The summed E-state index contributed by atoms with van der Waals surface area (Å²) in [6.07, 6.45) is -3.59. The SMILES string of the molecule is O=P(O)(O)CP(=O)(O)OC[C@H]1C[C@@H](n2nnc3c(NCc4ccccc4Cl)nc(Cl)nc32)[C@H](O)[C@H]1F. The van der Waals surface area contributed by atoms with E-state index in [9.17, 15) is 23.5 Å². The van der Waals surface area contributed by atoms with Crippen molar-refractivity contribution in [1.29, 1.82) is 0 Å². The minimum atomic E-state index is -4.84. The normalized spacial score (nSPS) is 24.2. The van der Waals surface area contributed by atoms with E-state index < -0.39 is 51.9 Å². The predicted molar refractivity (Wildman–Crippen MR) is 128 cm³/mol. The first-order valence-corrected chi connectivity index (χ1v) is 14.7. The lowest BCUT2D eigenvalue weighted by atomic mass is 10.1. The van der Waals surface area contributed by atoms with Gasteiger partial charge in [-0.3, -0.25) is 9.13 Å². The zero-order valence-electron chi connectivity index (χ0n) is 18.2. The zero-order valence-corrected chi connectivity index (χ0v) is 21.5. The number of anilines is 1.